The zero-order chi connectivity index (χ0) is 11.1. The second-order valence-electron chi connectivity index (χ2n) is 3.54. The third kappa shape index (κ3) is 4.08. The fourth-order valence-electron chi connectivity index (χ4n) is 1.50. The molecule has 1 aromatic carbocycles. The van der Waals surface area contributed by atoms with E-state index in [1.54, 1.807) is 0 Å². The predicted molar refractivity (Wildman–Crippen MR) is 68.7 cm³/mol. The van der Waals surface area contributed by atoms with E-state index in [9.17, 15) is 4.79 Å². The van der Waals surface area contributed by atoms with Gasteiger partial charge >= 0.3 is 0 Å². The summed E-state index contributed by atoms with van der Waals surface area (Å²) in [5, 5.41) is 0. The first-order valence-corrected chi connectivity index (χ1v) is 7.23. The molecule has 1 aromatic rings. The Labute approximate surface area is 95.2 Å². The van der Waals surface area contributed by atoms with Crippen LogP contribution in [0.25, 0.3) is 0 Å². The number of rotatable bonds is 6. The fourth-order valence-corrected chi connectivity index (χ4v) is 3.25. The standard InChI is InChI=1S/C13H19OS/c1-3-10-15(4-2)11-13(14)12-8-6-5-7-9-12/h5-9H,3-4,10-11H2,1-2H3/q+1. The summed E-state index contributed by atoms with van der Waals surface area (Å²) in [6.07, 6.45) is 1.18. The molecule has 82 valence electrons. The Kier molecular flexibility index (Phi) is 5.48. The maximum absolute atomic E-state index is 11.9. The van der Waals surface area contributed by atoms with E-state index in [0.717, 1.165) is 17.1 Å². The first kappa shape index (κ1) is 12.3. The van der Waals surface area contributed by atoms with E-state index in [1.807, 2.05) is 30.3 Å². The lowest BCUT2D eigenvalue weighted by Gasteiger charge is -2.04. The molecule has 0 fully saturated rings. The number of benzene rings is 1. The molecule has 1 unspecified atom stereocenters. The average molecular weight is 223 g/mol. The Hall–Kier alpha value is -0.760. The Morgan fingerprint density at radius 2 is 1.87 bits per heavy atom. The molecule has 1 nitrogen and oxygen atoms in total. The predicted octanol–water partition coefficient (Wildman–Crippen LogP) is 2.92. The molecule has 1 atom stereocenters. The van der Waals surface area contributed by atoms with Crippen LogP contribution in [0, 0.1) is 0 Å². The van der Waals surface area contributed by atoms with Crippen LogP contribution in [0.4, 0.5) is 0 Å². The topological polar surface area (TPSA) is 17.1 Å². The average Bonchev–Trinajstić information content (AvgIpc) is 2.29. The number of hydrogen-bond acceptors (Lipinski definition) is 1. The van der Waals surface area contributed by atoms with Gasteiger partial charge in [0.25, 0.3) is 0 Å². The van der Waals surface area contributed by atoms with Crippen LogP contribution < -0.4 is 0 Å². The minimum absolute atomic E-state index is 0.288. The summed E-state index contributed by atoms with van der Waals surface area (Å²) in [7, 11) is 0.288. The van der Waals surface area contributed by atoms with Crippen molar-refractivity contribution >= 4 is 16.7 Å². The Bertz CT molecular complexity index is 295. The van der Waals surface area contributed by atoms with E-state index in [2.05, 4.69) is 13.8 Å². The molecule has 0 aliphatic rings. The van der Waals surface area contributed by atoms with Crippen LogP contribution in [0.15, 0.2) is 30.3 Å². The van der Waals surface area contributed by atoms with Crippen molar-refractivity contribution < 1.29 is 4.79 Å². The van der Waals surface area contributed by atoms with Crippen LogP contribution in [0.1, 0.15) is 30.6 Å². The molecule has 0 aromatic heterocycles. The first-order chi connectivity index (χ1) is 7.27. The lowest BCUT2D eigenvalue weighted by atomic mass is 10.2. The molecule has 0 heterocycles. The summed E-state index contributed by atoms with van der Waals surface area (Å²) in [4.78, 5) is 11.9. The minimum Gasteiger partial charge on any atom is -0.289 e. The molecule has 0 radical (unpaired) electrons. The molecule has 0 N–H and O–H groups in total. The maximum atomic E-state index is 11.9. The summed E-state index contributed by atoms with van der Waals surface area (Å²) in [6, 6.07) is 9.62. The Morgan fingerprint density at radius 1 is 1.20 bits per heavy atom. The highest BCUT2D eigenvalue weighted by atomic mass is 32.2. The zero-order valence-corrected chi connectivity index (χ0v) is 10.3. The van der Waals surface area contributed by atoms with Gasteiger partial charge in [0.2, 0.25) is 5.78 Å². The van der Waals surface area contributed by atoms with Crippen molar-refractivity contribution in [1.82, 2.24) is 0 Å². The lowest BCUT2D eigenvalue weighted by Crippen LogP contribution is -2.21. The fraction of sp³-hybridized carbons (Fsp3) is 0.462. The molecular weight excluding hydrogens is 204 g/mol. The van der Waals surface area contributed by atoms with Gasteiger partial charge < -0.3 is 0 Å². The van der Waals surface area contributed by atoms with Gasteiger partial charge in [-0.05, 0) is 24.2 Å². The van der Waals surface area contributed by atoms with Crippen LogP contribution in [0.2, 0.25) is 0 Å². The summed E-state index contributed by atoms with van der Waals surface area (Å²) in [6.45, 7) is 4.36. The van der Waals surface area contributed by atoms with Crippen molar-refractivity contribution in [3.05, 3.63) is 35.9 Å². The largest absolute Gasteiger partial charge is 0.289 e. The van der Waals surface area contributed by atoms with Gasteiger partial charge in [-0.15, -0.1) is 0 Å². The summed E-state index contributed by atoms with van der Waals surface area (Å²) in [5.41, 5.74) is 0.861. The van der Waals surface area contributed by atoms with Gasteiger partial charge in [0.05, 0.1) is 0 Å². The van der Waals surface area contributed by atoms with E-state index in [-0.39, 0.29) is 10.9 Å². The first-order valence-electron chi connectivity index (χ1n) is 5.50. The minimum atomic E-state index is 0.288. The Balaban J connectivity index is 2.55. The molecule has 0 saturated heterocycles. The molecule has 0 aliphatic carbocycles. The molecule has 2 heteroatoms. The van der Waals surface area contributed by atoms with Crippen LogP contribution in [-0.2, 0) is 10.9 Å². The molecule has 0 spiro atoms. The van der Waals surface area contributed by atoms with E-state index in [0.29, 0.717) is 5.78 Å². The third-order valence-electron chi connectivity index (χ3n) is 2.33. The van der Waals surface area contributed by atoms with Gasteiger partial charge in [0, 0.05) is 5.56 Å². The molecule has 0 amide bonds. The molecule has 0 bridgehead atoms. The van der Waals surface area contributed by atoms with Crippen LogP contribution in [0.5, 0.6) is 0 Å². The summed E-state index contributed by atoms with van der Waals surface area (Å²) in [5.74, 6) is 3.35. The monoisotopic (exact) mass is 223 g/mol. The van der Waals surface area contributed by atoms with Crippen molar-refractivity contribution in [2.75, 3.05) is 17.3 Å². The third-order valence-corrected chi connectivity index (χ3v) is 4.80. The summed E-state index contributed by atoms with van der Waals surface area (Å²) >= 11 is 0. The lowest BCUT2D eigenvalue weighted by molar-refractivity contribution is 0.102. The van der Waals surface area contributed by atoms with Gasteiger partial charge in [-0.2, -0.15) is 0 Å². The number of hydrogen-bond donors (Lipinski definition) is 0. The number of carbonyl (C=O) groups excluding carboxylic acids is 1. The van der Waals surface area contributed by atoms with Crippen LogP contribution >= 0.6 is 0 Å². The number of Topliss-reactive ketones (excluding diaryl/α,β-unsaturated/α-hetero) is 1. The maximum Gasteiger partial charge on any atom is 0.211 e. The van der Waals surface area contributed by atoms with E-state index in [1.165, 1.54) is 12.2 Å². The SMILES string of the molecule is CCC[S+](CC)CC(=O)c1ccccc1. The highest BCUT2D eigenvalue weighted by molar-refractivity contribution is 7.97. The quantitative estimate of drug-likeness (QED) is 0.535. The molecule has 15 heavy (non-hydrogen) atoms. The van der Waals surface area contributed by atoms with Crippen molar-refractivity contribution in [3.63, 3.8) is 0 Å². The van der Waals surface area contributed by atoms with Crippen LogP contribution in [0.3, 0.4) is 0 Å². The molecule has 0 aliphatic heterocycles. The van der Waals surface area contributed by atoms with Gasteiger partial charge in [-0.1, -0.05) is 37.3 Å². The van der Waals surface area contributed by atoms with Crippen molar-refractivity contribution in [2.24, 2.45) is 0 Å². The molecule has 0 saturated carbocycles. The Morgan fingerprint density at radius 3 is 2.40 bits per heavy atom. The zero-order valence-electron chi connectivity index (χ0n) is 9.53. The second kappa shape index (κ2) is 6.67. The van der Waals surface area contributed by atoms with Gasteiger partial charge in [-0.25, -0.2) is 0 Å². The smallest absolute Gasteiger partial charge is 0.211 e. The van der Waals surface area contributed by atoms with Crippen molar-refractivity contribution in [1.29, 1.82) is 0 Å². The molecular formula is C13H19OS+. The summed E-state index contributed by atoms with van der Waals surface area (Å²) < 4.78 is 0. The van der Waals surface area contributed by atoms with E-state index < -0.39 is 0 Å². The second-order valence-corrected chi connectivity index (χ2v) is 6.04. The van der Waals surface area contributed by atoms with E-state index in [4.69, 9.17) is 0 Å². The normalized spacial score (nSPS) is 12.4. The number of ketones is 1. The van der Waals surface area contributed by atoms with Crippen LogP contribution in [-0.4, -0.2) is 23.0 Å². The number of carbonyl (C=O) groups is 1. The van der Waals surface area contributed by atoms with E-state index >= 15 is 0 Å². The van der Waals surface area contributed by atoms with Crippen molar-refractivity contribution in [3.8, 4) is 0 Å². The highest BCUT2D eigenvalue weighted by Gasteiger charge is 2.19. The van der Waals surface area contributed by atoms with Gasteiger partial charge in [0.15, 0.2) is 5.75 Å². The highest BCUT2D eigenvalue weighted by Crippen LogP contribution is 2.06. The van der Waals surface area contributed by atoms with Gasteiger partial charge in [-0.3, -0.25) is 4.79 Å². The van der Waals surface area contributed by atoms with Crippen molar-refractivity contribution in [2.45, 2.75) is 20.3 Å². The van der Waals surface area contributed by atoms with Gasteiger partial charge in [0.1, 0.15) is 11.5 Å². The molecule has 1 rings (SSSR count).